The van der Waals surface area contributed by atoms with Crippen LogP contribution in [0.1, 0.15) is 29.1 Å². The van der Waals surface area contributed by atoms with Gasteiger partial charge in [-0.1, -0.05) is 48.5 Å². The SMILES string of the molecule is c1ccc(COc2ccc(OCc3ccc4ccccc4n3)cc2)c(CCCc2nnn[nH]2)c1. The van der Waals surface area contributed by atoms with Crippen molar-refractivity contribution in [3.05, 3.63) is 108 Å². The van der Waals surface area contributed by atoms with Gasteiger partial charge in [0.2, 0.25) is 0 Å². The van der Waals surface area contributed by atoms with Crippen molar-refractivity contribution in [3.63, 3.8) is 0 Å². The molecular formula is C27H25N5O2. The number of rotatable bonds is 10. The number of pyridine rings is 1. The van der Waals surface area contributed by atoms with Crippen LogP contribution in [-0.2, 0) is 26.1 Å². The Morgan fingerprint density at radius 1 is 0.676 bits per heavy atom. The molecule has 7 heteroatoms. The molecule has 7 nitrogen and oxygen atoms in total. The van der Waals surface area contributed by atoms with E-state index in [1.165, 1.54) is 11.1 Å². The van der Waals surface area contributed by atoms with Crippen molar-refractivity contribution in [2.45, 2.75) is 32.5 Å². The first-order chi connectivity index (χ1) is 16.8. The maximum atomic E-state index is 6.04. The number of nitrogens with zero attached hydrogens (tertiary/aromatic N) is 4. The van der Waals surface area contributed by atoms with Gasteiger partial charge in [-0.25, -0.2) is 10.1 Å². The minimum Gasteiger partial charge on any atom is -0.489 e. The van der Waals surface area contributed by atoms with Crippen molar-refractivity contribution >= 4 is 10.9 Å². The number of benzene rings is 3. The standard InChI is InChI=1S/C27H25N5O2/c1-2-8-22(20(6-1)9-5-11-27-29-31-32-30-27)18-33-24-14-16-25(17-15-24)34-19-23-13-12-21-7-3-4-10-26(21)28-23/h1-4,6-8,10,12-17H,5,9,11,18-19H2,(H,29,30,31,32). The van der Waals surface area contributed by atoms with E-state index in [1.54, 1.807) is 0 Å². The van der Waals surface area contributed by atoms with Crippen molar-refractivity contribution in [1.29, 1.82) is 0 Å². The lowest BCUT2D eigenvalue weighted by atomic mass is 10.0. The molecule has 1 N–H and O–H groups in total. The van der Waals surface area contributed by atoms with Crippen LogP contribution in [0.4, 0.5) is 0 Å². The summed E-state index contributed by atoms with van der Waals surface area (Å²) in [6, 6.07) is 28.2. The normalized spacial score (nSPS) is 10.9. The van der Waals surface area contributed by atoms with Crippen LogP contribution in [0, 0.1) is 0 Å². The first-order valence-electron chi connectivity index (χ1n) is 11.3. The van der Waals surface area contributed by atoms with Gasteiger partial charge in [0, 0.05) is 11.8 Å². The number of tetrazole rings is 1. The van der Waals surface area contributed by atoms with Gasteiger partial charge in [-0.2, -0.15) is 0 Å². The van der Waals surface area contributed by atoms with Crippen molar-refractivity contribution in [2.24, 2.45) is 0 Å². The third kappa shape index (κ3) is 5.56. The number of fused-ring (bicyclic) bond motifs is 1. The molecule has 170 valence electrons. The van der Waals surface area contributed by atoms with Crippen molar-refractivity contribution in [2.75, 3.05) is 0 Å². The largest absolute Gasteiger partial charge is 0.489 e. The van der Waals surface area contributed by atoms with Gasteiger partial charge in [0.05, 0.1) is 11.2 Å². The highest BCUT2D eigenvalue weighted by atomic mass is 16.5. The molecule has 5 aromatic rings. The first-order valence-corrected chi connectivity index (χ1v) is 11.3. The summed E-state index contributed by atoms with van der Waals surface area (Å²) in [5, 5.41) is 15.1. The van der Waals surface area contributed by atoms with Crippen LogP contribution in [0.2, 0.25) is 0 Å². The minimum atomic E-state index is 0.419. The molecule has 0 bridgehead atoms. The number of aromatic nitrogens is 5. The second-order valence-corrected chi connectivity index (χ2v) is 8.01. The predicted molar refractivity (Wildman–Crippen MR) is 129 cm³/mol. The fourth-order valence-electron chi connectivity index (χ4n) is 3.81. The molecule has 0 unspecified atom stereocenters. The summed E-state index contributed by atoms with van der Waals surface area (Å²) in [6.45, 7) is 0.934. The molecule has 0 spiro atoms. The molecule has 5 rings (SSSR count). The van der Waals surface area contributed by atoms with E-state index < -0.39 is 0 Å². The Labute approximate surface area is 197 Å². The van der Waals surface area contributed by atoms with E-state index in [2.05, 4.69) is 55.9 Å². The minimum absolute atomic E-state index is 0.419. The average Bonchev–Trinajstić information content (AvgIpc) is 3.41. The van der Waals surface area contributed by atoms with Crippen LogP contribution in [0.25, 0.3) is 10.9 Å². The monoisotopic (exact) mass is 451 g/mol. The van der Waals surface area contributed by atoms with Crippen LogP contribution in [0.3, 0.4) is 0 Å². The fourth-order valence-corrected chi connectivity index (χ4v) is 3.81. The molecule has 3 aromatic carbocycles. The number of hydrogen-bond donors (Lipinski definition) is 1. The van der Waals surface area contributed by atoms with Gasteiger partial charge < -0.3 is 9.47 Å². The fraction of sp³-hybridized carbons (Fsp3) is 0.185. The van der Waals surface area contributed by atoms with E-state index in [0.29, 0.717) is 13.2 Å². The van der Waals surface area contributed by atoms with Crippen molar-refractivity contribution in [3.8, 4) is 11.5 Å². The summed E-state index contributed by atoms with van der Waals surface area (Å²) in [7, 11) is 0. The van der Waals surface area contributed by atoms with E-state index in [-0.39, 0.29) is 0 Å². The Hall–Kier alpha value is -4.26. The van der Waals surface area contributed by atoms with Crippen molar-refractivity contribution in [1.82, 2.24) is 25.6 Å². The molecule has 0 aliphatic rings. The van der Waals surface area contributed by atoms with E-state index in [0.717, 1.165) is 53.2 Å². The van der Waals surface area contributed by atoms with Gasteiger partial charge >= 0.3 is 0 Å². The van der Waals surface area contributed by atoms with Crippen LogP contribution in [0.15, 0.2) is 84.9 Å². The third-order valence-corrected chi connectivity index (χ3v) is 5.63. The Morgan fingerprint density at radius 2 is 1.41 bits per heavy atom. The van der Waals surface area contributed by atoms with Crippen LogP contribution >= 0.6 is 0 Å². The van der Waals surface area contributed by atoms with E-state index >= 15 is 0 Å². The molecule has 0 amide bonds. The summed E-state index contributed by atoms with van der Waals surface area (Å²) >= 11 is 0. The Kier molecular flexibility index (Phi) is 6.71. The summed E-state index contributed by atoms with van der Waals surface area (Å²) < 4.78 is 12.0. The molecule has 0 saturated carbocycles. The molecule has 2 aromatic heterocycles. The third-order valence-electron chi connectivity index (χ3n) is 5.63. The molecule has 34 heavy (non-hydrogen) atoms. The van der Waals surface area contributed by atoms with Gasteiger partial charge in [-0.05, 0) is 70.8 Å². The number of H-pyrrole nitrogens is 1. The molecule has 0 saturated heterocycles. The first kappa shape index (κ1) is 21.6. The van der Waals surface area contributed by atoms with Crippen LogP contribution in [0.5, 0.6) is 11.5 Å². The molecule has 0 aliphatic heterocycles. The average molecular weight is 452 g/mol. The maximum Gasteiger partial charge on any atom is 0.148 e. The summed E-state index contributed by atoms with van der Waals surface area (Å²) in [4.78, 5) is 4.65. The lowest BCUT2D eigenvalue weighted by Crippen LogP contribution is -2.02. The zero-order chi connectivity index (χ0) is 23.0. The van der Waals surface area contributed by atoms with E-state index in [1.807, 2.05) is 54.6 Å². The van der Waals surface area contributed by atoms with E-state index in [4.69, 9.17) is 9.47 Å². The lowest BCUT2D eigenvalue weighted by molar-refractivity contribution is 0.294. The number of hydrogen-bond acceptors (Lipinski definition) is 6. The molecule has 0 aliphatic carbocycles. The highest BCUT2D eigenvalue weighted by Crippen LogP contribution is 2.21. The predicted octanol–water partition coefficient (Wildman–Crippen LogP) is 5.08. The number of nitrogens with one attached hydrogen (secondary N) is 1. The Morgan fingerprint density at radius 3 is 2.21 bits per heavy atom. The smallest absolute Gasteiger partial charge is 0.148 e. The summed E-state index contributed by atoms with van der Waals surface area (Å²) in [5.41, 5.74) is 4.33. The highest BCUT2D eigenvalue weighted by molar-refractivity contribution is 5.78. The molecule has 0 fully saturated rings. The number of aromatic amines is 1. The quantitative estimate of drug-likeness (QED) is 0.319. The van der Waals surface area contributed by atoms with Gasteiger partial charge in [-0.3, -0.25) is 0 Å². The number of para-hydroxylation sites is 1. The Balaban J connectivity index is 1.13. The van der Waals surface area contributed by atoms with Gasteiger partial charge in [-0.15, -0.1) is 5.10 Å². The summed E-state index contributed by atoms with van der Waals surface area (Å²) in [6.07, 6.45) is 2.72. The molecule has 0 radical (unpaired) electrons. The zero-order valence-electron chi connectivity index (χ0n) is 18.7. The van der Waals surface area contributed by atoms with Crippen LogP contribution < -0.4 is 9.47 Å². The zero-order valence-corrected chi connectivity index (χ0v) is 18.7. The topological polar surface area (TPSA) is 85.8 Å². The second-order valence-electron chi connectivity index (χ2n) is 8.01. The van der Waals surface area contributed by atoms with Crippen LogP contribution in [-0.4, -0.2) is 25.6 Å². The van der Waals surface area contributed by atoms with E-state index in [9.17, 15) is 0 Å². The maximum absolute atomic E-state index is 6.04. The molecular weight excluding hydrogens is 426 g/mol. The Bertz CT molecular complexity index is 1340. The van der Waals surface area contributed by atoms with Gasteiger partial charge in [0.1, 0.15) is 30.5 Å². The lowest BCUT2D eigenvalue weighted by Gasteiger charge is -2.12. The highest BCUT2D eigenvalue weighted by Gasteiger charge is 2.06. The second kappa shape index (κ2) is 10.6. The molecule has 2 heterocycles. The van der Waals surface area contributed by atoms with Gasteiger partial charge in [0.25, 0.3) is 0 Å². The molecule has 0 atom stereocenters. The van der Waals surface area contributed by atoms with Crippen molar-refractivity contribution < 1.29 is 9.47 Å². The summed E-state index contributed by atoms with van der Waals surface area (Å²) in [5.74, 6) is 2.40. The number of ether oxygens (including phenoxy) is 2. The number of aryl methyl sites for hydroxylation is 2. The van der Waals surface area contributed by atoms with Gasteiger partial charge in [0.15, 0.2) is 0 Å².